The van der Waals surface area contributed by atoms with Crippen LogP contribution in [0.15, 0.2) is 60.8 Å². The first-order valence-corrected chi connectivity index (χ1v) is 24.6. The van der Waals surface area contributed by atoms with Crippen molar-refractivity contribution in [3.05, 3.63) is 60.8 Å². The van der Waals surface area contributed by atoms with Crippen molar-refractivity contribution in [2.75, 3.05) is 47.5 Å². The fourth-order valence-corrected chi connectivity index (χ4v) is 7.46. The molecule has 0 aromatic heterocycles. The Hall–Kier alpha value is -2.70. The molecule has 0 bridgehead atoms. The van der Waals surface area contributed by atoms with Gasteiger partial charge >= 0.3 is 11.9 Å². The van der Waals surface area contributed by atoms with E-state index in [2.05, 4.69) is 50.3 Å². The zero-order valence-electron chi connectivity index (χ0n) is 38.3. The predicted octanol–water partition coefficient (Wildman–Crippen LogP) is 9.20. The van der Waals surface area contributed by atoms with Crippen molar-refractivity contribution in [1.82, 2.24) is 0 Å². The van der Waals surface area contributed by atoms with Crippen LogP contribution in [0.1, 0.15) is 149 Å². The summed E-state index contributed by atoms with van der Waals surface area (Å²) in [6.07, 6.45) is 34.5. The SMILES string of the molecule is CCCCC/C=C\C/C=C\C/C=C\C/C=C\CCCC(=O)O[C@H](COC(=O)CCCCCC[C@H]1[C@@H](O)CC(=O)[C@@H]1/C=C/[C@@H](O)CCCCC)COP(=O)([O-])OCC[N+](C)(C)C. The van der Waals surface area contributed by atoms with Crippen LogP contribution in [0.25, 0.3) is 0 Å². The number of aliphatic hydroxyl groups is 2. The van der Waals surface area contributed by atoms with E-state index in [-0.39, 0.29) is 44.2 Å². The largest absolute Gasteiger partial charge is 0.756 e. The molecule has 13 heteroatoms. The van der Waals surface area contributed by atoms with Crippen LogP contribution in [0, 0.1) is 11.8 Å². The molecule has 1 fully saturated rings. The second-order valence-electron chi connectivity index (χ2n) is 17.2. The molecule has 0 aliphatic heterocycles. The monoisotopic (exact) mass is 880 g/mol. The number of allylic oxidation sites excluding steroid dienone is 9. The summed E-state index contributed by atoms with van der Waals surface area (Å²) >= 11 is 0. The average Bonchev–Trinajstić information content (AvgIpc) is 3.47. The van der Waals surface area contributed by atoms with Crippen molar-refractivity contribution in [2.24, 2.45) is 11.8 Å². The number of carbonyl (C=O) groups is 3. The van der Waals surface area contributed by atoms with Gasteiger partial charge in [-0.05, 0) is 70.1 Å². The van der Waals surface area contributed by atoms with Gasteiger partial charge in [0.05, 0.1) is 40.0 Å². The Kier molecular flexibility index (Phi) is 32.1. The third-order valence-electron chi connectivity index (χ3n) is 10.4. The van der Waals surface area contributed by atoms with Crippen LogP contribution >= 0.6 is 7.82 Å². The number of esters is 2. The van der Waals surface area contributed by atoms with E-state index in [0.717, 1.165) is 64.2 Å². The highest BCUT2D eigenvalue weighted by Gasteiger charge is 2.39. The third kappa shape index (κ3) is 31.7. The molecule has 0 amide bonds. The molecule has 6 atom stereocenters. The van der Waals surface area contributed by atoms with Crippen LogP contribution in [-0.2, 0) is 37.5 Å². The first-order valence-electron chi connectivity index (χ1n) is 23.1. The van der Waals surface area contributed by atoms with Crippen LogP contribution in [0.3, 0.4) is 0 Å². The fourth-order valence-electron chi connectivity index (χ4n) is 6.73. The third-order valence-corrected chi connectivity index (χ3v) is 11.4. The minimum Gasteiger partial charge on any atom is -0.756 e. The van der Waals surface area contributed by atoms with Gasteiger partial charge in [-0.3, -0.25) is 18.9 Å². The number of nitrogens with zero attached hydrogens (tertiary/aromatic N) is 1. The maximum absolute atomic E-state index is 12.7. The van der Waals surface area contributed by atoms with Gasteiger partial charge in [0.2, 0.25) is 0 Å². The van der Waals surface area contributed by atoms with E-state index in [0.29, 0.717) is 43.1 Å². The summed E-state index contributed by atoms with van der Waals surface area (Å²) in [7, 11) is 0.992. The van der Waals surface area contributed by atoms with E-state index in [9.17, 15) is 34.1 Å². The van der Waals surface area contributed by atoms with E-state index in [1.54, 1.807) is 12.2 Å². The molecule has 12 nitrogen and oxygen atoms in total. The number of aliphatic hydroxyl groups excluding tert-OH is 2. The van der Waals surface area contributed by atoms with Crippen molar-refractivity contribution in [1.29, 1.82) is 0 Å². The number of Topliss-reactive ketones (excluding diaryl/α,β-unsaturated/α-hetero) is 1. The molecule has 1 saturated carbocycles. The lowest BCUT2D eigenvalue weighted by atomic mass is 9.88. The Labute approximate surface area is 368 Å². The van der Waals surface area contributed by atoms with Gasteiger partial charge in [-0.15, -0.1) is 0 Å². The number of phosphoric acid groups is 1. The number of rotatable bonds is 37. The maximum atomic E-state index is 12.7. The van der Waals surface area contributed by atoms with E-state index >= 15 is 0 Å². The number of carbonyl (C=O) groups excluding carboxylic acids is 3. The normalized spacial score (nSPS) is 19.5. The van der Waals surface area contributed by atoms with Gasteiger partial charge in [-0.2, -0.15) is 0 Å². The van der Waals surface area contributed by atoms with Crippen molar-refractivity contribution in [3.8, 4) is 0 Å². The topological polar surface area (TPSA) is 169 Å². The maximum Gasteiger partial charge on any atom is 0.306 e. The zero-order valence-corrected chi connectivity index (χ0v) is 39.2. The number of quaternary nitrogens is 1. The Bertz CT molecular complexity index is 1390. The van der Waals surface area contributed by atoms with E-state index in [1.165, 1.54) is 19.3 Å². The molecule has 1 aliphatic rings. The number of unbranched alkanes of at least 4 members (excludes halogenated alkanes) is 9. The lowest BCUT2D eigenvalue weighted by molar-refractivity contribution is -0.870. The molecule has 0 aromatic carbocycles. The lowest BCUT2D eigenvalue weighted by Crippen LogP contribution is -2.37. The Morgan fingerprint density at radius 2 is 1.38 bits per heavy atom. The molecule has 0 spiro atoms. The Morgan fingerprint density at radius 1 is 0.787 bits per heavy atom. The highest BCUT2D eigenvalue weighted by atomic mass is 31.2. The molecule has 0 radical (unpaired) electrons. The van der Waals surface area contributed by atoms with Crippen LogP contribution in [0.2, 0.25) is 0 Å². The summed E-state index contributed by atoms with van der Waals surface area (Å²) in [5.41, 5.74) is 0. The number of ether oxygens (including phenoxy) is 2. The number of ketones is 1. The average molecular weight is 880 g/mol. The molecule has 0 heterocycles. The molecule has 1 rings (SSSR count). The molecule has 2 N–H and O–H groups in total. The Morgan fingerprint density at radius 3 is 2.02 bits per heavy atom. The van der Waals surface area contributed by atoms with E-state index < -0.39 is 50.6 Å². The quantitative estimate of drug-likeness (QED) is 0.0201. The first kappa shape index (κ1) is 56.3. The van der Waals surface area contributed by atoms with Crippen LogP contribution in [0.4, 0.5) is 0 Å². The van der Waals surface area contributed by atoms with Gasteiger partial charge in [-0.25, -0.2) is 0 Å². The van der Waals surface area contributed by atoms with Crippen molar-refractivity contribution in [2.45, 2.75) is 167 Å². The molecule has 1 unspecified atom stereocenters. The van der Waals surface area contributed by atoms with Gasteiger partial charge in [-0.1, -0.05) is 126 Å². The van der Waals surface area contributed by atoms with Crippen molar-refractivity contribution >= 4 is 25.5 Å². The van der Waals surface area contributed by atoms with Gasteiger partial charge in [0.25, 0.3) is 7.82 Å². The molecule has 0 saturated heterocycles. The summed E-state index contributed by atoms with van der Waals surface area (Å²) in [5, 5.41) is 20.8. The molecule has 0 aromatic rings. The van der Waals surface area contributed by atoms with Gasteiger partial charge < -0.3 is 38.1 Å². The number of hydrogen-bond acceptors (Lipinski definition) is 11. The second-order valence-corrected chi connectivity index (χ2v) is 18.6. The van der Waals surface area contributed by atoms with Crippen molar-refractivity contribution in [3.63, 3.8) is 0 Å². The van der Waals surface area contributed by atoms with Crippen molar-refractivity contribution < 1.29 is 57.1 Å². The fraction of sp³-hybridized carbons (Fsp3) is 0.729. The van der Waals surface area contributed by atoms with Gasteiger partial charge in [0, 0.05) is 25.2 Å². The summed E-state index contributed by atoms with van der Waals surface area (Å²) in [6.45, 7) is 3.75. The van der Waals surface area contributed by atoms with Crippen LogP contribution in [-0.4, -0.2) is 98.2 Å². The molecule has 1 aliphatic carbocycles. The summed E-state index contributed by atoms with van der Waals surface area (Å²) < 4.78 is 33.8. The molecule has 61 heavy (non-hydrogen) atoms. The summed E-state index contributed by atoms with van der Waals surface area (Å²) in [6, 6.07) is 0. The zero-order chi connectivity index (χ0) is 45.2. The smallest absolute Gasteiger partial charge is 0.306 e. The Balaban J connectivity index is 2.50. The standard InChI is InChI=1S/C48H82NO11P/c1-6-8-10-11-12-13-14-15-16-17-18-19-20-21-22-23-29-33-48(54)60-42(40-59-61(55,56)58-37-36-49(3,4)5)39-57-47(53)32-28-25-24-27-31-43-44(46(52)38-45(43)51)35-34-41(50)30-26-9-7-2/h12-13,15-16,18-19,21-22,34-35,41-45,50-51H,6-11,14,17,20,23-33,36-40H2,1-5H3/b13-12-,16-15-,19-18-,22-21-,35-34+/t41-,42+,43+,44+,45-/m0/s1. The highest BCUT2D eigenvalue weighted by Crippen LogP contribution is 2.38. The number of phosphoric ester groups is 1. The highest BCUT2D eigenvalue weighted by molar-refractivity contribution is 7.45. The minimum atomic E-state index is -4.70. The minimum absolute atomic E-state index is 0.000445. The van der Waals surface area contributed by atoms with E-state index in [1.807, 2.05) is 33.3 Å². The van der Waals surface area contributed by atoms with Crippen LogP contribution in [0.5, 0.6) is 0 Å². The molecule has 350 valence electrons. The molecular weight excluding hydrogens is 797 g/mol. The van der Waals surface area contributed by atoms with Gasteiger partial charge in [0.1, 0.15) is 25.5 Å². The second kappa shape index (κ2) is 34.7. The summed E-state index contributed by atoms with van der Waals surface area (Å²) in [5.74, 6) is -1.65. The first-order chi connectivity index (χ1) is 29.2. The summed E-state index contributed by atoms with van der Waals surface area (Å²) in [4.78, 5) is 50.3. The lowest BCUT2D eigenvalue weighted by Gasteiger charge is -2.28. The van der Waals surface area contributed by atoms with Crippen LogP contribution < -0.4 is 4.89 Å². The number of hydrogen-bond donors (Lipinski definition) is 2. The van der Waals surface area contributed by atoms with Gasteiger partial charge in [0.15, 0.2) is 6.10 Å². The number of likely N-dealkylation sites (N-methyl/N-ethyl adjacent to an activating group) is 1. The van der Waals surface area contributed by atoms with E-state index in [4.69, 9.17) is 18.5 Å². The predicted molar refractivity (Wildman–Crippen MR) is 241 cm³/mol. The molecular formula is C48H82NO11P.